The van der Waals surface area contributed by atoms with E-state index in [4.69, 9.17) is 0 Å². The standard InChI is InChI=1S/C24H18BrN3O4/c1-14(29)27-18-5-2-6-19(12-18)28-21(16-4-3-11-26-13-16)20(23(31)24(28)32)22(30)15-7-9-17(25)10-8-15/h2-13,21,30H,1H3,(H,27,29)/b22-20+. The predicted molar refractivity (Wildman–Crippen MR) is 124 cm³/mol. The Kier molecular flexibility index (Phi) is 5.87. The third-order valence-corrected chi connectivity index (χ3v) is 5.54. The Labute approximate surface area is 192 Å². The lowest BCUT2D eigenvalue weighted by Crippen LogP contribution is -2.29. The van der Waals surface area contributed by atoms with Crippen molar-refractivity contribution in [2.24, 2.45) is 0 Å². The molecule has 3 aromatic rings. The number of hydrogen-bond acceptors (Lipinski definition) is 5. The Morgan fingerprint density at radius 2 is 1.84 bits per heavy atom. The fourth-order valence-corrected chi connectivity index (χ4v) is 3.92. The number of nitrogens with zero attached hydrogens (tertiary/aromatic N) is 2. The smallest absolute Gasteiger partial charge is 0.300 e. The number of nitrogens with one attached hydrogen (secondary N) is 1. The van der Waals surface area contributed by atoms with E-state index in [9.17, 15) is 19.5 Å². The van der Waals surface area contributed by atoms with Crippen LogP contribution in [0.2, 0.25) is 0 Å². The number of carbonyl (C=O) groups is 3. The molecule has 0 spiro atoms. The minimum Gasteiger partial charge on any atom is -0.507 e. The van der Waals surface area contributed by atoms with Crippen LogP contribution in [0.15, 0.2) is 83.1 Å². The van der Waals surface area contributed by atoms with Gasteiger partial charge in [0.1, 0.15) is 5.76 Å². The van der Waals surface area contributed by atoms with Gasteiger partial charge in [0.05, 0.1) is 11.6 Å². The molecule has 1 aromatic heterocycles. The minimum absolute atomic E-state index is 0.0322. The fraction of sp³-hybridized carbons (Fsp3) is 0.0833. The average Bonchev–Trinajstić information content (AvgIpc) is 3.05. The molecule has 160 valence electrons. The van der Waals surface area contributed by atoms with Crippen molar-refractivity contribution in [1.29, 1.82) is 0 Å². The number of aliphatic hydroxyl groups excluding tert-OH is 1. The van der Waals surface area contributed by atoms with Crippen LogP contribution in [0, 0.1) is 0 Å². The van der Waals surface area contributed by atoms with Gasteiger partial charge in [0.15, 0.2) is 0 Å². The number of carbonyl (C=O) groups excluding carboxylic acids is 3. The first kappa shape index (κ1) is 21.5. The summed E-state index contributed by atoms with van der Waals surface area (Å²) >= 11 is 3.35. The van der Waals surface area contributed by atoms with E-state index in [-0.39, 0.29) is 17.2 Å². The summed E-state index contributed by atoms with van der Waals surface area (Å²) in [6, 6.07) is 16.0. The van der Waals surface area contributed by atoms with Crippen LogP contribution in [0.25, 0.3) is 5.76 Å². The number of anilines is 2. The maximum atomic E-state index is 13.1. The zero-order valence-corrected chi connectivity index (χ0v) is 18.5. The third kappa shape index (κ3) is 4.04. The molecule has 1 aliphatic heterocycles. The van der Waals surface area contributed by atoms with Crippen LogP contribution in [-0.2, 0) is 14.4 Å². The molecule has 1 saturated heterocycles. The molecule has 7 nitrogen and oxygen atoms in total. The molecule has 2 heterocycles. The zero-order chi connectivity index (χ0) is 22.8. The molecule has 8 heteroatoms. The van der Waals surface area contributed by atoms with Crippen molar-refractivity contribution in [3.63, 3.8) is 0 Å². The Morgan fingerprint density at radius 1 is 1.09 bits per heavy atom. The number of aliphatic hydroxyl groups is 1. The number of rotatable bonds is 4. The Hall–Kier alpha value is -3.78. The van der Waals surface area contributed by atoms with Crippen LogP contribution < -0.4 is 10.2 Å². The van der Waals surface area contributed by atoms with E-state index in [1.807, 2.05) is 0 Å². The van der Waals surface area contributed by atoms with Gasteiger partial charge in [-0.15, -0.1) is 0 Å². The summed E-state index contributed by atoms with van der Waals surface area (Å²) in [7, 11) is 0. The number of halogens is 1. The highest BCUT2D eigenvalue weighted by atomic mass is 79.9. The van der Waals surface area contributed by atoms with Crippen molar-refractivity contribution < 1.29 is 19.5 Å². The van der Waals surface area contributed by atoms with Crippen molar-refractivity contribution >= 4 is 50.7 Å². The number of pyridine rings is 1. The molecule has 1 unspecified atom stereocenters. The Balaban J connectivity index is 1.90. The number of Topliss-reactive ketones (excluding diaryl/α,β-unsaturated/α-hetero) is 1. The van der Waals surface area contributed by atoms with Gasteiger partial charge in [0, 0.05) is 40.7 Å². The lowest BCUT2D eigenvalue weighted by Gasteiger charge is -2.25. The quantitative estimate of drug-likeness (QED) is 0.319. The van der Waals surface area contributed by atoms with Gasteiger partial charge >= 0.3 is 0 Å². The summed E-state index contributed by atoms with van der Waals surface area (Å²) in [5.41, 5.74) is 1.83. The second-order valence-corrected chi connectivity index (χ2v) is 8.11. The number of amides is 2. The van der Waals surface area contributed by atoms with E-state index in [1.165, 1.54) is 11.8 Å². The van der Waals surface area contributed by atoms with Gasteiger partial charge in [-0.2, -0.15) is 0 Å². The van der Waals surface area contributed by atoms with E-state index < -0.39 is 17.7 Å². The molecule has 2 N–H and O–H groups in total. The first-order chi connectivity index (χ1) is 15.4. The molecule has 32 heavy (non-hydrogen) atoms. The van der Waals surface area contributed by atoms with Gasteiger partial charge in [-0.3, -0.25) is 24.3 Å². The monoisotopic (exact) mass is 491 g/mol. The van der Waals surface area contributed by atoms with Gasteiger partial charge in [-0.25, -0.2) is 0 Å². The van der Waals surface area contributed by atoms with Gasteiger partial charge in [-0.1, -0.05) is 40.2 Å². The Morgan fingerprint density at radius 3 is 2.50 bits per heavy atom. The van der Waals surface area contributed by atoms with Crippen LogP contribution in [-0.4, -0.2) is 27.7 Å². The first-order valence-electron chi connectivity index (χ1n) is 9.71. The molecule has 0 radical (unpaired) electrons. The van der Waals surface area contributed by atoms with E-state index in [1.54, 1.807) is 73.1 Å². The summed E-state index contributed by atoms with van der Waals surface area (Å²) in [4.78, 5) is 43.2. The van der Waals surface area contributed by atoms with Crippen molar-refractivity contribution in [2.45, 2.75) is 13.0 Å². The normalized spacial score (nSPS) is 17.4. The fourth-order valence-electron chi connectivity index (χ4n) is 3.65. The maximum absolute atomic E-state index is 13.1. The van der Waals surface area contributed by atoms with Gasteiger partial charge < -0.3 is 10.4 Å². The SMILES string of the molecule is CC(=O)Nc1cccc(N2C(=O)C(=O)/C(=C(/O)c3ccc(Br)cc3)C2c2cccnc2)c1. The highest BCUT2D eigenvalue weighted by Crippen LogP contribution is 2.42. The largest absolute Gasteiger partial charge is 0.507 e. The summed E-state index contributed by atoms with van der Waals surface area (Å²) in [6.45, 7) is 1.38. The molecule has 1 aliphatic rings. The lowest BCUT2D eigenvalue weighted by atomic mass is 9.96. The second-order valence-electron chi connectivity index (χ2n) is 7.19. The van der Waals surface area contributed by atoms with Crippen LogP contribution in [0.5, 0.6) is 0 Å². The van der Waals surface area contributed by atoms with Gasteiger partial charge in [0.2, 0.25) is 5.91 Å². The topological polar surface area (TPSA) is 99.6 Å². The predicted octanol–water partition coefficient (Wildman–Crippen LogP) is 4.43. The molecular weight excluding hydrogens is 474 g/mol. The summed E-state index contributed by atoms with van der Waals surface area (Å²) in [5.74, 6) is -2.12. The summed E-state index contributed by atoms with van der Waals surface area (Å²) < 4.78 is 0.813. The average molecular weight is 492 g/mol. The lowest BCUT2D eigenvalue weighted by molar-refractivity contribution is -0.132. The van der Waals surface area contributed by atoms with Crippen molar-refractivity contribution in [3.8, 4) is 0 Å². The maximum Gasteiger partial charge on any atom is 0.300 e. The van der Waals surface area contributed by atoms with E-state index in [0.717, 1.165) is 4.47 Å². The number of aromatic nitrogens is 1. The summed E-state index contributed by atoms with van der Waals surface area (Å²) in [6.07, 6.45) is 3.14. The van der Waals surface area contributed by atoms with Gasteiger partial charge in [-0.05, 0) is 42.0 Å². The molecule has 0 saturated carbocycles. The highest BCUT2D eigenvalue weighted by molar-refractivity contribution is 9.10. The highest BCUT2D eigenvalue weighted by Gasteiger charge is 2.47. The van der Waals surface area contributed by atoms with E-state index in [2.05, 4.69) is 26.2 Å². The third-order valence-electron chi connectivity index (χ3n) is 5.01. The van der Waals surface area contributed by atoms with Crippen LogP contribution in [0.4, 0.5) is 11.4 Å². The molecular formula is C24H18BrN3O4. The van der Waals surface area contributed by atoms with Crippen molar-refractivity contribution in [3.05, 3.63) is 94.2 Å². The minimum atomic E-state index is -0.889. The first-order valence-corrected chi connectivity index (χ1v) is 10.5. The second kappa shape index (κ2) is 8.76. The van der Waals surface area contributed by atoms with E-state index >= 15 is 0 Å². The zero-order valence-electron chi connectivity index (χ0n) is 16.9. The number of benzene rings is 2. The molecule has 2 aromatic carbocycles. The van der Waals surface area contributed by atoms with Gasteiger partial charge in [0.25, 0.3) is 11.7 Å². The van der Waals surface area contributed by atoms with Crippen LogP contribution in [0.1, 0.15) is 24.1 Å². The van der Waals surface area contributed by atoms with Crippen molar-refractivity contribution in [1.82, 2.24) is 4.98 Å². The molecule has 4 rings (SSSR count). The number of ketones is 1. The molecule has 0 bridgehead atoms. The van der Waals surface area contributed by atoms with Crippen LogP contribution >= 0.6 is 15.9 Å². The molecule has 1 atom stereocenters. The molecule has 2 amide bonds. The number of hydrogen-bond donors (Lipinski definition) is 2. The molecule has 1 fully saturated rings. The summed E-state index contributed by atoms with van der Waals surface area (Å²) in [5, 5.41) is 13.7. The molecule has 0 aliphatic carbocycles. The Bertz CT molecular complexity index is 1240. The van der Waals surface area contributed by atoms with E-state index in [0.29, 0.717) is 22.5 Å². The van der Waals surface area contributed by atoms with Crippen molar-refractivity contribution in [2.75, 3.05) is 10.2 Å². The van der Waals surface area contributed by atoms with Crippen LogP contribution in [0.3, 0.4) is 0 Å².